The van der Waals surface area contributed by atoms with Crippen molar-refractivity contribution in [3.63, 3.8) is 0 Å². The normalized spacial score (nSPS) is 12.0. The van der Waals surface area contributed by atoms with Crippen molar-refractivity contribution in [2.45, 2.75) is 40.0 Å². The van der Waals surface area contributed by atoms with Gasteiger partial charge >= 0.3 is 12.4 Å². The van der Waals surface area contributed by atoms with Crippen molar-refractivity contribution < 1.29 is 55.6 Å². The first-order valence-corrected chi connectivity index (χ1v) is 16.0. The Bertz CT molecular complexity index is 2380. The van der Waals surface area contributed by atoms with Gasteiger partial charge in [-0.1, -0.05) is 39.7 Å². The van der Waals surface area contributed by atoms with Gasteiger partial charge in [-0.2, -0.15) is 26.3 Å². The number of halogens is 6. The third-order valence-corrected chi connectivity index (χ3v) is 8.50. The van der Waals surface area contributed by atoms with E-state index in [9.17, 15) is 41.4 Å². The number of nitrogens with zero attached hydrogens (tertiary/aromatic N) is 3. The van der Waals surface area contributed by atoms with Crippen LogP contribution >= 0.6 is 0 Å². The number of primary amides is 1. The number of alkyl halides is 6. The number of amidine groups is 1. The fourth-order valence-corrected chi connectivity index (χ4v) is 6.02. The number of carbonyl (C=O) groups excluding carboxylic acids is 1. The largest absolute Gasteiger partial charge is 0.508 e. The highest BCUT2D eigenvalue weighted by Crippen LogP contribution is 2.44. The van der Waals surface area contributed by atoms with Crippen LogP contribution < -0.4 is 11.5 Å². The van der Waals surface area contributed by atoms with E-state index in [1.807, 2.05) is 0 Å². The van der Waals surface area contributed by atoms with Crippen LogP contribution in [0.25, 0.3) is 44.5 Å². The summed E-state index contributed by atoms with van der Waals surface area (Å²) in [6.07, 6.45) is -9.33. The number of carbonyl (C=O) groups is 1. The minimum absolute atomic E-state index is 0.0359. The van der Waals surface area contributed by atoms with E-state index in [0.717, 1.165) is 24.3 Å². The van der Waals surface area contributed by atoms with Crippen molar-refractivity contribution in [3.8, 4) is 56.0 Å². The standard InChI is InChI=1S/C19H16F3N3O3.C19H15F3N2O3/c1-9-16(10(2)28-25-9)17-14(11-3-5-13(26)6-4-11)7-12(19(20,21)22)8-15(17)18(23)24-27;1-9-16(10(2)27-24-9)17-14(11-3-5-13(25)6-4-11)7-12(19(20,21)22)8-15(17)18(23)26/h3-8,26-27H,1-2H3,(H2,23,24);3-8,25H,1-2H3,(H2,23,26). The molecule has 0 aliphatic carbocycles. The van der Waals surface area contributed by atoms with Gasteiger partial charge in [-0.25, -0.2) is 0 Å². The summed E-state index contributed by atoms with van der Waals surface area (Å²) in [5.41, 5.74) is 12.0. The first-order chi connectivity index (χ1) is 25.7. The second-order valence-electron chi connectivity index (χ2n) is 12.2. The van der Waals surface area contributed by atoms with Gasteiger partial charge in [0.05, 0.1) is 22.5 Å². The number of aryl methyl sites for hydroxylation is 4. The maximum Gasteiger partial charge on any atom is 0.416 e. The quantitative estimate of drug-likeness (QED) is 0.0362. The van der Waals surface area contributed by atoms with E-state index in [-0.39, 0.29) is 44.9 Å². The van der Waals surface area contributed by atoms with Crippen molar-refractivity contribution in [3.05, 3.63) is 118 Å². The van der Waals surface area contributed by atoms with Crippen LogP contribution in [0.3, 0.4) is 0 Å². The fraction of sp³-hybridized carbons (Fsp3) is 0.158. The number of amides is 1. The average Bonchev–Trinajstić information content (AvgIpc) is 3.64. The van der Waals surface area contributed by atoms with Crippen LogP contribution in [0.2, 0.25) is 0 Å². The van der Waals surface area contributed by atoms with Crippen LogP contribution in [-0.2, 0) is 12.4 Å². The number of phenolic OH excluding ortho intramolecular Hbond substituents is 2. The van der Waals surface area contributed by atoms with Crippen molar-refractivity contribution in [1.29, 1.82) is 0 Å². The zero-order chi connectivity index (χ0) is 40.6. The number of hydrogen-bond acceptors (Lipinski definition) is 9. The van der Waals surface area contributed by atoms with Crippen LogP contribution in [0.5, 0.6) is 11.5 Å². The van der Waals surface area contributed by atoms with E-state index >= 15 is 0 Å². The number of phenols is 2. The first kappa shape index (κ1) is 39.4. The summed E-state index contributed by atoms with van der Waals surface area (Å²) in [5.74, 6) is -0.859. The SMILES string of the molecule is Cc1noc(C)c1-c1c(C(N)=NO)cc(C(F)(F)F)cc1-c1ccc(O)cc1.Cc1noc(C)c1-c1c(C(N)=O)cc(C(F)(F)F)cc1-c1ccc(O)cc1. The van der Waals surface area contributed by atoms with E-state index in [0.29, 0.717) is 45.2 Å². The molecule has 4 aromatic carbocycles. The minimum atomic E-state index is -4.67. The molecule has 0 fully saturated rings. The smallest absolute Gasteiger partial charge is 0.416 e. The molecule has 2 heterocycles. The molecule has 11 nitrogen and oxygen atoms in total. The van der Waals surface area contributed by atoms with E-state index in [1.165, 1.54) is 48.5 Å². The topological polar surface area (TPSA) is 194 Å². The van der Waals surface area contributed by atoms with E-state index in [1.54, 1.807) is 27.7 Å². The molecule has 6 aromatic rings. The zero-order valence-corrected chi connectivity index (χ0v) is 29.3. The van der Waals surface area contributed by atoms with Gasteiger partial charge in [0.2, 0.25) is 5.91 Å². The van der Waals surface area contributed by atoms with Crippen LogP contribution in [0.4, 0.5) is 26.3 Å². The highest BCUT2D eigenvalue weighted by Gasteiger charge is 2.35. The summed E-state index contributed by atoms with van der Waals surface area (Å²) in [6.45, 7) is 6.47. The summed E-state index contributed by atoms with van der Waals surface area (Å²) in [4.78, 5) is 12.0. The van der Waals surface area contributed by atoms with Crippen molar-refractivity contribution in [2.24, 2.45) is 16.6 Å². The maximum atomic E-state index is 13.5. The molecule has 0 spiro atoms. The molecule has 1 amide bonds. The zero-order valence-electron chi connectivity index (χ0n) is 29.3. The first-order valence-electron chi connectivity index (χ1n) is 16.0. The Labute approximate surface area is 308 Å². The Balaban J connectivity index is 0.000000211. The van der Waals surface area contributed by atoms with Gasteiger partial charge in [0.25, 0.3) is 0 Å². The van der Waals surface area contributed by atoms with Crippen molar-refractivity contribution in [1.82, 2.24) is 10.3 Å². The monoisotopic (exact) mass is 767 g/mol. The number of hydrogen-bond donors (Lipinski definition) is 5. The van der Waals surface area contributed by atoms with Crippen molar-refractivity contribution >= 4 is 11.7 Å². The van der Waals surface area contributed by atoms with Gasteiger partial charge in [0.15, 0.2) is 5.84 Å². The highest BCUT2D eigenvalue weighted by atomic mass is 19.4. The van der Waals surface area contributed by atoms with Crippen LogP contribution in [0, 0.1) is 27.7 Å². The van der Waals surface area contributed by atoms with Gasteiger partial charge in [0.1, 0.15) is 23.0 Å². The van der Waals surface area contributed by atoms with Crippen LogP contribution in [-0.4, -0.2) is 37.5 Å². The Morgan fingerprint density at radius 3 is 1.29 bits per heavy atom. The molecule has 0 saturated carbocycles. The number of aromatic nitrogens is 2. The molecule has 0 radical (unpaired) electrons. The number of aromatic hydroxyl groups is 2. The summed E-state index contributed by atoms with van der Waals surface area (Å²) >= 11 is 0. The molecule has 2 aromatic heterocycles. The minimum Gasteiger partial charge on any atom is -0.508 e. The molecule has 286 valence electrons. The number of benzene rings is 4. The molecule has 0 aliphatic heterocycles. The molecule has 17 heteroatoms. The molecule has 55 heavy (non-hydrogen) atoms. The second-order valence-corrected chi connectivity index (χ2v) is 12.2. The third kappa shape index (κ3) is 8.09. The van der Waals surface area contributed by atoms with Gasteiger partial charge in [-0.15, -0.1) is 0 Å². The average molecular weight is 768 g/mol. The maximum absolute atomic E-state index is 13.5. The molecule has 0 unspecified atom stereocenters. The van der Waals surface area contributed by atoms with Crippen LogP contribution in [0.1, 0.15) is 50.0 Å². The lowest BCUT2D eigenvalue weighted by molar-refractivity contribution is -0.138. The fourth-order valence-electron chi connectivity index (χ4n) is 6.02. The molecular weight excluding hydrogens is 736 g/mol. The predicted molar refractivity (Wildman–Crippen MR) is 188 cm³/mol. The van der Waals surface area contributed by atoms with Crippen LogP contribution in [0.15, 0.2) is 87.0 Å². The molecule has 0 atom stereocenters. The van der Waals surface area contributed by atoms with E-state index in [2.05, 4.69) is 15.5 Å². The Kier molecular flexibility index (Phi) is 10.7. The molecular formula is C38H31F6N5O6. The molecule has 0 aliphatic rings. The highest BCUT2D eigenvalue weighted by molar-refractivity contribution is 6.08. The van der Waals surface area contributed by atoms with Gasteiger partial charge in [0, 0.05) is 33.4 Å². The predicted octanol–water partition coefficient (Wildman–Crippen LogP) is 8.89. The Hall–Kier alpha value is -6.78. The second kappa shape index (κ2) is 14.9. The Morgan fingerprint density at radius 1 is 0.618 bits per heavy atom. The van der Waals surface area contributed by atoms with Crippen molar-refractivity contribution in [2.75, 3.05) is 0 Å². The summed E-state index contributed by atoms with van der Waals surface area (Å²) in [7, 11) is 0. The lowest BCUT2D eigenvalue weighted by atomic mass is 9.87. The number of nitrogens with two attached hydrogens (primary N) is 2. The summed E-state index contributed by atoms with van der Waals surface area (Å²) in [6, 6.07) is 14.7. The van der Waals surface area contributed by atoms with Gasteiger partial charge in [-0.05, 0) is 98.5 Å². The number of rotatable bonds is 6. The summed E-state index contributed by atoms with van der Waals surface area (Å²) in [5, 5.41) is 38.8. The molecule has 0 bridgehead atoms. The molecule has 7 N–H and O–H groups in total. The third-order valence-electron chi connectivity index (χ3n) is 8.50. The Morgan fingerprint density at radius 2 is 0.982 bits per heavy atom. The van der Waals surface area contributed by atoms with E-state index in [4.69, 9.17) is 25.7 Å². The molecule has 6 rings (SSSR count). The van der Waals surface area contributed by atoms with E-state index < -0.39 is 35.2 Å². The number of oxime groups is 1. The summed E-state index contributed by atoms with van der Waals surface area (Å²) < 4.78 is 91.0. The lowest BCUT2D eigenvalue weighted by Crippen LogP contribution is -2.17. The molecule has 0 saturated heterocycles. The van der Waals surface area contributed by atoms with Gasteiger partial charge < -0.3 is 35.9 Å². The lowest BCUT2D eigenvalue weighted by Gasteiger charge is -2.18. The van der Waals surface area contributed by atoms with Gasteiger partial charge in [-0.3, -0.25) is 4.79 Å².